The number of hydrogen-bond acceptors (Lipinski definition) is 7. The zero-order valence-electron chi connectivity index (χ0n) is 20.4. The zero-order chi connectivity index (χ0) is 26.8. The summed E-state index contributed by atoms with van der Waals surface area (Å²) in [5.41, 5.74) is 2.56. The molecule has 2 aromatic rings. The maximum Gasteiger partial charge on any atom is 0.414 e. The summed E-state index contributed by atoms with van der Waals surface area (Å²) in [6.45, 7) is 2.89. The molecule has 1 saturated heterocycles. The van der Waals surface area contributed by atoms with Crippen molar-refractivity contribution in [2.24, 2.45) is 5.92 Å². The van der Waals surface area contributed by atoms with E-state index in [0.29, 0.717) is 37.2 Å². The molecule has 1 aromatic heterocycles. The molecule has 0 aliphatic carbocycles. The zero-order valence-corrected chi connectivity index (χ0v) is 21.2. The fourth-order valence-electron chi connectivity index (χ4n) is 4.70. The number of carbonyl (C=O) groups is 1. The highest BCUT2D eigenvalue weighted by molar-refractivity contribution is 7.91. The Bertz CT molecular complexity index is 1210. The number of halogens is 3. The molecular formula is C25H30F3N3O5S. The Kier molecular flexibility index (Phi) is 8.22. The Balaban J connectivity index is 1.35. The molecule has 3 atom stereocenters. The van der Waals surface area contributed by atoms with Crippen LogP contribution in [0.25, 0.3) is 0 Å². The van der Waals surface area contributed by atoms with Crippen LogP contribution >= 0.6 is 0 Å². The van der Waals surface area contributed by atoms with E-state index in [2.05, 4.69) is 15.2 Å². The molecule has 0 saturated carbocycles. The standard InChI is InChI=1S/C25H30F3N3O5S/c1-2-37(34,35)20-6-4-17(5-7-20)22(14-32)30-24(33)18-9-19-12-31(13-21(19)29-10-18)11-16-3-8-23(36-15-16)25(26,27)28/h4-7,9-10,16,22-23,32H,2-3,8,11-15H2,1H3,(H,30,33)/t16-,22-,23-/m0/s1. The molecule has 0 bridgehead atoms. The minimum atomic E-state index is -4.33. The minimum absolute atomic E-state index is 0.000282. The SMILES string of the molecule is CCS(=O)(=O)c1ccc([C@H](CO)NC(=O)c2cnc3c(c2)CN(C[C@@H]2CC[C@@H](C(F)(F)F)OC2)C3)cc1. The van der Waals surface area contributed by atoms with E-state index in [4.69, 9.17) is 4.74 Å². The highest BCUT2D eigenvalue weighted by Gasteiger charge is 2.43. The average Bonchev–Trinajstić information content (AvgIpc) is 3.28. The summed E-state index contributed by atoms with van der Waals surface area (Å²) in [5.74, 6) is -0.459. The fourth-order valence-corrected chi connectivity index (χ4v) is 5.59. The number of nitrogens with one attached hydrogen (secondary N) is 1. The highest BCUT2D eigenvalue weighted by atomic mass is 32.2. The van der Waals surface area contributed by atoms with Gasteiger partial charge >= 0.3 is 6.18 Å². The van der Waals surface area contributed by atoms with Gasteiger partial charge in [-0.25, -0.2) is 8.42 Å². The van der Waals surface area contributed by atoms with Gasteiger partial charge in [-0.2, -0.15) is 13.2 Å². The van der Waals surface area contributed by atoms with Gasteiger partial charge in [-0.1, -0.05) is 19.1 Å². The second kappa shape index (κ2) is 11.1. The van der Waals surface area contributed by atoms with Gasteiger partial charge in [0.15, 0.2) is 15.9 Å². The Morgan fingerprint density at radius 1 is 1.24 bits per heavy atom. The molecule has 4 rings (SSSR count). The third-order valence-corrected chi connectivity index (χ3v) is 8.60. The highest BCUT2D eigenvalue weighted by Crippen LogP contribution is 2.33. The van der Waals surface area contributed by atoms with E-state index < -0.39 is 34.1 Å². The van der Waals surface area contributed by atoms with E-state index in [1.165, 1.54) is 18.3 Å². The van der Waals surface area contributed by atoms with Gasteiger partial charge in [0, 0.05) is 25.8 Å². The average molecular weight is 542 g/mol. The molecule has 202 valence electrons. The maximum absolute atomic E-state index is 12.9. The van der Waals surface area contributed by atoms with Gasteiger partial charge in [0.1, 0.15) is 0 Å². The molecule has 2 aliphatic heterocycles. The van der Waals surface area contributed by atoms with Gasteiger partial charge in [-0.15, -0.1) is 0 Å². The molecule has 8 nitrogen and oxygen atoms in total. The van der Waals surface area contributed by atoms with E-state index in [1.807, 2.05) is 0 Å². The topological polar surface area (TPSA) is 109 Å². The number of amides is 1. The monoisotopic (exact) mass is 541 g/mol. The van der Waals surface area contributed by atoms with E-state index in [-0.39, 0.29) is 36.2 Å². The summed E-state index contributed by atoms with van der Waals surface area (Å²) in [6, 6.07) is 7.04. The van der Waals surface area contributed by atoms with Crippen LogP contribution < -0.4 is 5.32 Å². The van der Waals surface area contributed by atoms with Gasteiger partial charge < -0.3 is 15.2 Å². The van der Waals surface area contributed by atoms with Gasteiger partial charge in [0.25, 0.3) is 5.91 Å². The normalized spacial score (nSPS) is 21.4. The van der Waals surface area contributed by atoms with Crippen molar-refractivity contribution in [3.8, 4) is 0 Å². The van der Waals surface area contributed by atoms with Crippen LogP contribution in [0.15, 0.2) is 41.4 Å². The van der Waals surface area contributed by atoms with Crippen LogP contribution in [0.5, 0.6) is 0 Å². The first-order valence-corrected chi connectivity index (χ1v) is 13.8. The lowest BCUT2D eigenvalue weighted by Crippen LogP contribution is -2.40. The lowest BCUT2D eigenvalue weighted by atomic mass is 9.97. The largest absolute Gasteiger partial charge is 0.414 e. The minimum Gasteiger partial charge on any atom is -0.394 e. The third-order valence-electron chi connectivity index (χ3n) is 6.85. The molecular weight excluding hydrogens is 511 g/mol. The van der Waals surface area contributed by atoms with Crippen molar-refractivity contribution in [1.82, 2.24) is 15.2 Å². The number of nitrogens with zero attached hydrogens (tertiary/aromatic N) is 2. The third kappa shape index (κ3) is 6.49. The predicted octanol–water partition coefficient (Wildman–Crippen LogP) is 3.01. The van der Waals surface area contributed by atoms with Crippen molar-refractivity contribution in [2.45, 2.75) is 56.1 Å². The lowest BCUT2D eigenvalue weighted by Gasteiger charge is -2.32. The quantitative estimate of drug-likeness (QED) is 0.529. The van der Waals surface area contributed by atoms with Crippen LogP contribution in [0, 0.1) is 5.92 Å². The van der Waals surface area contributed by atoms with Gasteiger partial charge in [0.05, 0.1) is 41.2 Å². The number of alkyl halides is 3. The molecule has 1 aromatic carbocycles. The Morgan fingerprint density at radius 3 is 2.57 bits per heavy atom. The molecule has 1 fully saturated rings. The maximum atomic E-state index is 12.9. The molecule has 0 unspecified atom stereocenters. The smallest absolute Gasteiger partial charge is 0.394 e. The van der Waals surface area contributed by atoms with E-state index in [0.717, 1.165) is 11.3 Å². The number of hydrogen-bond donors (Lipinski definition) is 2. The van der Waals surface area contributed by atoms with Crippen LogP contribution in [0.4, 0.5) is 13.2 Å². The number of pyridine rings is 1. The summed E-state index contributed by atoms with van der Waals surface area (Å²) >= 11 is 0. The Hall–Kier alpha value is -2.54. The van der Waals surface area contributed by atoms with Crippen LogP contribution in [0.1, 0.15) is 53.0 Å². The predicted molar refractivity (Wildman–Crippen MR) is 128 cm³/mol. The fraction of sp³-hybridized carbons (Fsp3) is 0.520. The van der Waals surface area contributed by atoms with E-state index in [9.17, 15) is 31.5 Å². The van der Waals surface area contributed by atoms with Crippen molar-refractivity contribution in [1.29, 1.82) is 0 Å². The molecule has 12 heteroatoms. The molecule has 1 amide bonds. The molecule has 0 spiro atoms. The summed E-state index contributed by atoms with van der Waals surface area (Å²) in [6.07, 6.45) is -4.16. The number of aromatic nitrogens is 1. The first-order valence-electron chi connectivity index (χ1n) is 12.1. The van der Waals surface area contributed by atoms with Crippen LogP contribution in [0.3, 0.4) is 0 Å². The number of rotatable bonds is 8. The first-order chi connectivity index (χ1) is 17.5. The molecule has 3 heterocycles. The number of aliphatic hydroxyl groups is 1. The molecule has 37 heavy (non-hydrogen) atoms. The van der Waals surface area contributed by atoms with Crippen LogP contribution in [-0.2, 0) is 27.7 Å². The summed E-state index contributed by atoms with van der Waals surface area (Å²) in [4.78, 5) is 19.6. The van der Waals surface area contributed by atoms with E-state index in [1.54, 1.807) is 25.1 Å². The first kappa shape index (κ1) is 27.5. The number of carbonyl (C=O) groups excluding carboxylic acids is 1. The van der Waals surface area contributed by atoms with Gasteiger partial charge in [0.2, 0.25) is 0 Å². The summed E-state index contributed by atoms with van der Waals surface area (Å²) < 4.78 is 67.5. The lowest BCUT2D eigenvalue weighted by molar-refractivity contribution is -0.236. The molecule has 0 radical (unpaired) electrons. The number of ether oxygens (including phenoxy) is 1. The Labute approximate surface area is 213 Å². The number of aliphatic hydroxyl groups excluding tert-OH is 1. The van der Waals surface area contributed by atoms with Crippen molar-refractivity contribution < 1.29 is 36.2 Å². The summed E-state index contributed by atoms with van der Waals surface area (Å²) in [5, 5.41) is 12.6. The van der Waals surface area contributed by atoms with Crippen molar-refractivity contribution in [3.63, 3.8) is 0 Å². The van der Waals surface area contributed by atoms with Crippen molar-refractivity contribution >= 4 is 15.7 Å². The van der Waals surface area contributed by atoms with Crippen molar-refractivity contribution in [3.05, 3.63) is 58.9 Å². The second-order valence-corrected chi connectivity index (χ2v) is 11.8. The van der Waals surface area contributed by atoms with Gasteiger partial charge in [-0.05, 0) is 48.1 Å². The Morgan fingerprint density at radius 2 is 1.97 bits per heavy atom. The van der Waals surface area contributed by atoms with E-state index >= 15 is 0 Å². The summed E-state index contributed by atoms with van der Waals surface area (Å²) in [7, 11) is -3.36. The number of benzene rings is 1. The van der Waals surface area contributed by atoms with Crippen molar-refractivity contribution in [2.75, 3.05) is 25.5 Å². The molecule has 2 aliphatic rings. The van der Waals surface area contributed by atoms with Crippen LogP contribution in [0.2, 0.25) is 0 Å². The molecule has 2 N–H and O–H groups in total. The number of sulfone groups is 1. The van der Waals surface area contributed by atoms with Gasteiger partial charge in [-0.3, -0.25) is 14.7 Å². The number of fused-ring (bicyclic) bond motifs is 1. The van der Waals surface area contributed by atoms with Crippen LogP contribution in [-0.4, -0.2) is 67.1 Å². The second-order valence-electron chi connectivity index (χ2n) is 9.49.